The highest BCUT2D eigenvalue weighted by molar-refractivity contribution is 14.0. The molecule has 168 valence electrons. The maximum Gasteiger partial charge on any atom is 0.251 e. The minimum atomic E-state index is -0.209. The van der Waals surface area contributed by atoms with Gasteiger partial charge in [-0.05, 0) is 43.9 Å². The maximum atomic E-state index is 12.2. The average molecular weight is 570 g/mol. The first-order chi connectivity index (χ1) is 13.9. The van der Waals surface area contributed by atoms with E-state index in [-0.39, 0.29) is 35.8 Å². The first-order valence-electron chi connectivity index (χ1n) is 9.91. The number of rotatable bonds is 7. The number of likely N-dealkylation sites (tertiary alicyclic amines) is 1. The molecule has 0 aliphatic carbocycles. The van der Waals surface area contributed by atoms with Crippen molar-refractivity contribution in [1.29, 1.82) is 0 Å². The first kappa shape index (κ1) is 26.8. The summed E-state index contributed by atoms with van der Waals surface area (Å²) in [5, 5.41) is 9.61. The number of guanidine groups is 1. The zero-order valence-corrected chi connectivity index (χ0v) is 21.2. The Morgan fingerprint density at radius 1 is 1.17 bits per heavy atom. The predicted octanol–water partition coefficient (Wildman–Crippen LogP) is 3.15. The molecule has 1 saturated heterocycles. The van der Waals surface area contributed by atoms with Crippen LogP contribution in [0.25, 0.3) is 0 Å². The largest absolute Gasteiger partial charge is 0.359 e. The topological polar surface area (TPSA) is 85.8 Å². The van der Waals surface area contributed by atoms with Gasteiger partial charge >= 0.3 is 0 Å². The number of nitrogens with one attached hydrogen (secondary N) is 3. The lowest BCUT2D eigenvalue weighted by Crippen LogP contribution is -2.46. The van der Waals surface area contributed by atoms with E-state index >= 15 is 0 Å². The van der Waals surface area contributed by atoms with Gasteiger partial charge in [0.15, 0.2) is 5.96 Å². The Hall–Kier alpha value is -1.26. The van der Waals surface area contributed by atoms with Gasteiger partial charge in [0.25, 0.3) is 5.91 Å². The quantitative estimate of drug-likeness (QED) is 0.204. The third-order valence-corrected chi connectivity index (χ3v) is 5.58. The summed E-state index contributed by atoms with van der Waals surface area (Å²) in [6, 6.07) is 4.79. The summed E-state index contributed by atoms with van der Waals surface area (Å²) in [5.74, 6) is 1.15. The number of halogens is 3. The summed E-state index contributed by atoms with van der Waals surface area (Å²) >= 11 is 11.8. The molecule has 1 aliphatic rings. The number of hydrogen-bond donors (Lipinski definition) is 3. The lowest BCUT2D eigenvalue weighted by atomic mass is 9.93. The van der Waals surface area contributed by atoms with Gasteiger partial charge in [-0.15, -0.1) is 24.0 Å². The highest BCUT2D eigenvalue weighted by atomic mass is 127. The van der Waals surface area contributed by atoms with Crippen LogP contribution < -0.4 is 16.0 Å². The molecule has 0 aromatic heterocycles. The van der Waals surface area contributed by atoms with Crippen LogP contribution in [0.2, 0.25) is 10.0 Å². The van der Waals surface area contributed by atoms with E-state index in [0.717, 1.165) is 38.4 Å². The molecule has 1 fully saturated rings. The lowest BCUT2D eigenvalue weighted by molar-refractivity contribution is -0.121. The van der Waals surface area contributed by atoms with Crippen LogP contribution in [-0.4, -0.2) is 62.4 Å². The highest BCUT2D eigenvalue weighted by Gasteiger charge is 2.23. The van der Waals surface area contributed by atoms with Gasteiger partial charge in [-0.3, -0.25) is 14.6 Å². The highest BCUT2D eigenvalue weighted by Crippen LogP contribution is 2.22. The van der Waals surface area contributed by atoms with Crippen LogP contribution in [0.4, 0.5) is 0 Å². The van der Waals surface area contributed by atoms with E-state index in [1.807, 2.05) is 6.92 Å². The Morgan fingerprint density at radius 2 is 1.87 bits per heavy atom. The second-order valence-corrected chi connectivity index (χ2v) is 7.74. The molecular formula is C20H30Cl2IN5O2. The molecule has 1 heterocycles. The van der Waals surface area contributed by atoms with Gasteiger partial charge in [-0.2, -0.15) is 0 Å². The van der Waals surface area contributed by atoms with Crippen LogP contribution in [0.3, 0.4) is 0 Å². The summed E-state index contributed by atoms with van der Waals surface area (Å²) < 4.78 is 0. The fourth-order valence-electron chi connectivity index (χ4n) is 3.21. The molecule has 0 spiro atoms. The van der Waals surface area contributed by atoms with Gasteiger partial charge in [-0.25, -0.2) is 0 Å². The second-order valence-electron chi connectivity index (χ2n) is 6.93. The van der Waals surface area contributed by atoms with Crippen molar-refractivity contribution >= 4 is 65.0 Å². The molecule has 0 bridgehead atoms. The monoisotopic (exact) mass is 569 g/mol. The second kappa shape index (κ2) is 13.9. The molecule has 0 radical (unpaired) electrons. The molecule has 0 atom stereocenters. The summed E-state index contributed by atoms with van der Waals surface area (Å²) in [6.45, 7) is 5.41. The van der Waals surface area contributed by atoms with Gasteiger partial charge in [0.2, 0.25) is 5.91 Å². The third kappa shape index (κ3) is 8.47. The molecule has 1 aliphatic heterocycles. The van der Waals surface area contributed by atoms with Gasteiger partial charge < -0.3 is 20.9 Å². The van der Waals surface area contributed by atoms with Crippen molar-refractivity contribution in [3.05, 3.63) is 33.8 Å². The molecule has 30 heavy (non-hydrogen) atoms. The molecule has 1 aromatic rings. The summed E-state index contributed by atoms with van der Waals surface area (Å²) in [7, 11) is 1.67. The lowest BCUT2D eigenvalue weighted by Gasteiger charge is -2.34. The van der Waals surface area contributed by atoms with Crippen molar-refractivity contribution in [2.75, 3.05) is 39.8 Å². The Labute approximate surface area is 205 Å². The number of aliphatic imine (C=N–C) groups is 1. The molecule has 10 heteroatoms. The fraction of sp³-hybridized carbons (Fsp3) is 0.550. The van der Waals surface area contributed by atoms with Crippen LogP contribution in [0, 0.1) is 5.92 Å². The standard InChI is InChI=1S/C20H29Cl2N5O2.HI/c1-3-24-20(27-10-6-14(7-11-27)12-18(28)23-2)26-9-8-25-19(29)15-4-5-16(21)17(22)13-15;/h4-5,13-14H,3,6-12H2,1-2H3,(H,23,28)(H,24,26)(H,25,29);1H. The molecule has 2 rings (SSSR count). The SMILES string of the molecule is CCNC(=NCCNC(=O)c1ccc(Cl)c(Cl)c1)N1CCC(CC(=O)NC)CC1.I. The normalized spacial score (nSPS) is 14.7. The van der Waals surface area contributed by atoms with Crippen LogP contribution in [-0.2, 0) is 4.79 Å². The van der Waals surface area contributed by atoms with E-state index in [9.17, 15) is 9.59 Å². The molecule has 7 nitrogen and oxygen atoms in total. The Morgan fingerprint density at radius 3 is 2.47 bits per heavy atom. The number of piperidine rings is 1. The van der Waals surface area contributed by atoms with Crippen molar-refractivity contribution < 1.29 is 9.59 Å². The minimum absolute atomic E-state index is 0. The minimum Gasteiger partial charge on any atom is -0.359 e. The van der Waals surface area contributed by atoms with E-state index in [2.05, 4.69) is 25.8 Å². The molecule has 2 amide bonds. The summed E-state index contributed by atoms with van der Waals surface area (Å²) in [5.41, 5.74) is 0.466. The van der Waals surface area contributed by atoms with E-state index in [1.54, 1.807) is 25.2 Å². The number of amides is 2. The molecule has 1 aromatic carbocycles. The average Bonchev–Trinajstić information content (AvgIpc) is 2.72. The van der Waals surface area contributed by atoms with Crippen molar-refractivity contribution in [2.24, 2.45) is 10.9 Å². The van der Waals surface area contributed by atoms with Crippen molar-refractivity contribution in [2.45, 2.75) is 26.2 Å². The van der Waals surface area contributed by atoms with Gasteiger partial charge in [0.1, 0.15) is 0 Å². The number of benzene rings is 1. The molecular weight excluding hydrogens is 540 g/mol. The zero-order chi connectivity index (χ0) is 21.2. The summed E-state index contributed by atoms with van der Waals surface area (Å²) in [4.78, 5) is 30.6. The third-order valence-electron chi connectivity index (χ3n) is 4.84. The van der Waals surface area contributed by atoms with Crippen molar-refractivity contribution in [3.8, 4) is 0 Å². The van der Waals surface area contributed by atoms with Gasteiger partial charge in [0, 0.05) is 45.2 Å². The number of carbonyl (C=O) groups is 2. The van der Waals surface area contributed by atoms with Crippen LogP contribution >= 0.6 is 47.2 Å². The molecule has 3 N–H and O–H groups in total. The van der Waals surface area contributed by atoms with Crippen molar-refractivity contribution in [1.82, 2.24) is 20.9 Å². The Balaban J connectivity index is 0.00000450. The fourth-order valence-corrected chi connectivity index (χ4v) is 3.51. The summed E-state index contributed by atoms with van der Waals surface area (Å²) in [6.07, 6.45) is 2.51. The smallest absolute Gasteiger partial charge is 0.251 e. The van der Waals surface area contributed by atoms with E-state index < -0.39 is 0 Å². The Bertz CT molecular complexity index is 740. The van der Waals surface area contributed by atoms with Gasteiger partial charge in [-0.1, -0.05) is 23.2 Å². The molecule has 0 unspecified atom stereocenters. The number of carbonyl (C=O) groups excluding carboxylic acids is 2. The number of nitrogens with zero attached hydrogens (tertiary/aromatic N) is 2. The van der Waals surface area contributed by atoms with E-state index in [4.69, 9.17) is 23.2 Å². The maximum absolute atomic E-state index is 12.2. The van der Waals surface area contributed by atoms with E-state index in [0.29, 0.717) is 41.0 Å². The first-order valence-corrected chi connectivity index (χ1v) is 10.7. The van der Waals surface area contributed by atoms with Crippen molar-refractivity contribution in [3.63, 3.8) is 0 Å². The van der Waals surface area contributed by atoms with Crippen LogP contribution in [0.1, 0.15) is 36.5 Å². The van der Waals surface area contributed by atoms with Crippen LogP contribution in [0.15, 0.2) is 23.2 Å². The predicted molar refractivity (Wildman–Crippen MR) is 133 cm³/mol. The van der Waals surface area contributed by atoms with E-state index in [1.165, 1.54) is 0 Å². The van der Waals surface area contributed by atoms with Gasteiger partial charge in [0.05, 0.1) is 16.6 Å². The zero-order valence-electron chi connectivity index (χ0n) is 17.3. The Kier molecular flexibility index (Phi) is 12.4. The molecule has 0 saturated carbocycles. The van der Waals surface area contributed by atoms with Crippen LogP contribution in [0.5, 0.6) is 0 Å². The number of hydrogen-bond acceptors (Lipinski definition) is 3.